The Hall–Kier alpha value is -2.56. The first-order valence-electron chi connectivity index (χ1n) is 11.1. The summed E-state index contributed by atoms with van der Waals surface area (Å²) in [5.41, 5.74) is 15.0. The van der Waals surface area contributed by atoms with Crippen molar-refractivity contribution in [3.05, 3.63) is 35.4 Å². The molecule has 1 aromatic carbocycles. The normalized spacial score (nSPS) is 20.5. The van der Waals surface area contributed by atoms with Crippen molar-refractivity contribution in [3.8, 4) is 0 Å². The van der Waals surface area contributed by atoms with Crippen molar-refractivity contribution in [2.45, 2.75) is 49.2 Å². The van der Waals surface area contributed by atoms with E-state index in [0.29, 0.717) is 48.1 Å². The molecule has 3 heterocycles. The number of halogens is 1. The number of anilines is 2. The van der Waals surface area contributed by atoms with Crippen LogP contribution in [0.4, 0.5) is 11.5 Å². The lowest BCUT2D eigenvalue weighted by molar-refractivity contribution is -0.125. The van der Waals surface area contributed by atoms with Gasteiger partial charge in [0.2, 0.25) is 5.91 Å². The fourth-order valence-corrected chi connectivity index (χ4v) is 5.48. The number of aromatic nitrogens is 4. The van der Waals surface area contributed by atoms with Crippen molar-refractivity contribution in [2.75, 3.05) is 29.5 Å². The van der Waals surface area contributed by atoms with Gasteiger partial charge in [0, 0.05) is 35.3 Å². The molecule has 2 fully saturated rings. The molecule has 3 aromatic rings. The zero-order valence-electron chi connectivity index (χ0n) is 18.4. The molecule has 0 radical (unpaired) electrons. The third-order valence-electron chi connectivity index (χ3n) is 6.24. The number of nitrogens with zero attached hydrogens (tertiary/aromatic N) is 5. The molecule has 1 saturated carbocycles. The molecule has 1 atom stereocenters. The maximum atomic E-state index is 12.8. The minimum absolute atomic E-state index is 0.0565. The van der Waals surface area contributed by atoms with Crippen LogP contribution in [0.25, 0.3) is 11.2 Å². The van der Waals surface area contributed by atoms with Crippen molar-refractivity contribution in [3.63, 3.8) is 0 Å². The van der Waals surface area contributed by atoms with Crippen LogP contribution in [0.2, 0.25) is 5.02 Å². The van der Waals surface area contributed by atoms with Crippen LogP contribution < -0.4 is 21.7 Å². The highest BCUT2D eigenvalue weighted by Gasteiger charge is 2.43. The number of rotatable bonds is 7. The number of benzene rings is 1. The van der Waals surface area contributed by atoms with Gasteiger partial charge in [-0.3, -0.25) is 4.79 Å². The number of thioether (sulfide) groups is 1. The number of carbonyl (C=O) groups is 1. The Morgan fingerprint density at radius 1 is 1.33 bits per heavy atom. The Morgan fingerprint density at radius 3 is 2.91 bits per heavy atom. The number of fused-ring (bicyclic) bond motifs is 1. The molecular weight excluding hydrogens is 460 g/mol. The Morgan fingerprint density at radius 2 is 2.15 bits per heavy atom. The minimum atomic E-state index is -0.902. The second kappa shape index (κ2) is 8.66. The molecule has 174 valence electrons. The van der Waals surface area contributed by atoms with Crippen molar-refractivity contribution < 1.29 is 4.79 Å². The van der Waals surface area contributed by atoms with Gasteiger partial charge >= 0.3 is 0 Å². The Balaban J connectivity index is 1.51. The summed E-state index contributed by atoms with van der Waals surface area (Å²) in [6.45, 7) is 3.75. The van der Waals surface area contributed by atoms with Crippen LogP contribution in [0.1, 0.15) is 31.7 Å². The molecule has 0 spiro atoms. The van der Waals surface area contributed by atoms with E-state index in [1.54, 1.807) is 18.1 Å². The molecule has 1 aliphatic heterocycles. The number of hydrogen-bond donors (Lipinski definition) is 3. The van der Waals surface area contributed by atoms with E-state index in [1.807, 2.05) is 16.7 Å². The van der Waals surface area contributed by atoms with Crippen LogP contribution >= 0.6 is 23.4 Å². The van der Waals surface area contributed by atoms with Gasteiger partial charge in [-0.05, 0) is 37.1 Å². The molecular formula is C22H27ClN8OS. The molecule has 1 saturated heterocycles. The number of hydrogen-bond acceptors (Lipinski definition) is 8. The monoisotopic (exact) mass is 486 g/mol. The summed E-state index contributed by atoms with van der Waals surface area (Å²) in [5.74, 6) is 1.17. The zero-order valence-corrected chi connectivity index (χ0v) is 20.0. The SMILES string of the molecule is CCSc1c(Cl)ccc(N2CCC(N)(C(=O)NC3CC3)C2)c1Cn1cnc2c(N)ncnc21. The van der Waals surface area contributed by atoms with E-state index in [2.05, 4.69) is 32.1 Å². The molecule has 5 N–H and O–H groups in total. The molecule has 9 nitrogen and oxygen atoms in total. The first-order chi connectivity index (χ1) is 15.9. The number of imidazole rings is 1. The van der Waals surface area contributed by atoms with Gasteiger partial charge < -0.3 is 26.3 Å². The highest BCUT2D eigenvalue weighted by Crippen LogP contribution is 2.39. The summed E-state index contributed by atoms with van der Waals surface area (Å²) in [6, 6.07) is 4.23. The van der Waals surface area contributed by atoms with Crippen LogP contribution in [0, 0.1) is 0 Å². The average molecular weight is 487 g/mol. The lowest BCUT2D eigenvalue weighted by Gasteiger charge is -2.27. The lowest BCUT2D eigenvalue weighted by Crippen LogP contribution is -2.56. The second-order valence-corrected chi connectivity index (χ2v) is 10.4. The summed E-state index contributed by atoms with van der Waals surface area (Å²) >= 11 is 8.34. The maximum absolute atomic E-state index is 12.8. The Bertz CT molecular complexity index is 1210. The van der Waals surface area contributed by atoms with Gasteiger partial charge in [-0.15, -0.1) is 11.8 Å². The van der Waals surface area contributed by atoms with Gasteiger partial charge in [0.25, 0.3) is 0 Å². The highest BCUT2D eigenvalue weighted by atomic mass is 35.5. The van der Waals surface area contributed by atoms with Crippen LogP contribution in [0.15, 0.2) is 29.7 Å². The topological polar surface area (TPSA) is 128 Å². The summed E-state index contributed by atoms with van der Waals surface area (Å²) in [6.07, 6.45) is 5.84. The number of carbonyl (C=O) groups excluding carboxylic acids is 1. The summed E-state index contributed by atoms with van der Waals surface area (Å²) < 4.78 is 1.95. The van der Waals surface area contributed by atoms with Crippen LogP contribution in [-0.2, 0) is 11.3 Å². The molecule has 1 amide bonds. The fourth-order valence-electron chi connectivity index (χ4n) is 4.30. The summed E-state index contributed by atoms with van der Waals surface area (Å²) in [5, 5.41) is 3.77. The largest absolute Gasteiger partial charge is 0.382 e. The predicted octanol–water partition coefficient (Wildman–Crippen LogP) is 2.41. The Kier molecular flexibility index (Phi) is 5.84. The smallest absolute Gasteiger partial charge is 0.242 e. The summed E-state index contributed by atoms with van der Waals surface area (Å²) in [7, 11) is 0. The van der Waals surface area contributed by atoms with Crippen LogP contribution in [-0.4, -0.2) is 55.8 Å². The van der Waals surface area contributed by atoms with Crippen molar-refractivity contribution >= 4 is 51.9 Å². The van der Waals surface area contributed by atoms with Gasteiger partial charge in [-0.25, -0.2) is 15.0 Å². The van der Waals surface area contributed by atoms with E-state index in [0.717, 1.165) is 34.7 Å². The standard InChI is InChI=1S/C22H27ClN8OS/c1-2-33-18-14(9-31-12-28-17-19(24)26-11-27-20(17)31)16(6-5-15(18)23)30-8-7-22(25,10-30)21(32)29-13-3-4-13/h5-6,11-13H,2-4,7-10,25H2,1H3,(H,29,32)(H2,24,26,27). The second-order valence-electron chi connectivity index (χ2n) is 8.69. The number of amides is 1. The molecule has 33 heavy (non-hydrogen) atoms. The Labute approximate surface area is 201 Å². The molecule has 1 unspecified atom stereocenters. The van der Waals surface area contributed by atoms with E-state index in [-0.39, 0.29) is 11.9 Å². The van der Waals surface area contributed by atoms with Crippen molar-refractivity contribution in [1.82, 2.24) is 24.8 Å². The third kappa shape index (κ3) is 4.22. The van der Waals surface area contributed by atoms with E-state index in [1.165, 1.54) is 6.33 Å². The molecule has 11 heteroatoms. The molecule has 2 aliphatic rings. The maximum Gasteiger partial charge on any atom is 0.242 e. The average Bonchev–Trinajstić information content (AvgIpc) is 3.37. The fraction of sp³-hybridized carbons (Fsp3) is 0.455. The summed E-state index contributed by atoms with van der Waals surface area (Å²) in [4.78, 5) is 28.8. The van der Waals surface area contributed by atoms with Crippen molar-refractivity contribution in [1.29, 1.82) is 0 Å². The molecule has 2 aromatic heterocycles. The number of nitrogens with one attached hydrogen (secondary N) is 1. The van der Waals surface area contributed by atoms with E-state index >= 15 is 0 Å². The van der Waals surface area contributed by atoms with Gasteiger partial charge in [-0.2, -0.15) is 0 Å². The van der Waals surface area contributed by atoms with Gasteiger partial charge in [0.05, 0.1) is 17.9 Å². The molecule has 5 rings (SSSR count). The minimum Gasteiger partial charge on any atom is -0.382 e. The molecule has 1 aliphatic carbocycles. The lowest BCUT2D eigenvalue weighted by atomic mass is 9.99. The highest BCUT2D eigenvalue weighted by molar-refractivity contribution is 7.99. The van der Waals surface area contributed by atoms with Crippen LogP contribution in [0.5, 0.6) is 0 Å². The first-order valence-corrected chi connectivity index (χ1v) is 12.5. The van der Waals surface area contributed by atoms with E-state index in [9.17, 15) is 4.79 Å². The number of nitrogen functional groups attached to an aromatic ring is 1. The van der Waals surface area contributed by atoms with Crippen LogP contribution in [0.3, 0.4) is 0 Å². The van der Waals surface area contributed by atoms with Gasteiger partial charge in [0.15, 0.2) is 11.5 Å². The van der Waals surface area contributed by atoms with E-state index in [4.69, 9.17) is 23.1 Å². The van der Waals surface area contributed by atoms with Crippen molar-refractivity contribution in [2.24, 2.45) is 5.73 Å². The first kappa shape index (κ1) is 22.2. The zero-order chi connectivity index (χ0) is 23.2. The van der Waals surface area contributed by atoms with Gasteiger partial charge in [0.1, 0.15) is 17.4 Å². The third-order valence-corrected chi connectivity index (χ3v) is 7.71. The molecule has 0 bridgehead atoms. The van der Waals surface area contributed by atoms with Gasteiger partial charge in [-0.1, -0.05) is 18.5 Å². The predicted molar refractivity (Wildman–Crippen MR) is 132 cm³/mol. The quantitative estimate of drug-likeness (QED) is 0.434. The number of nitrogens with two attached hydrogens (primary N) is 2. The van der Waals surface area contributed by atoms with E-state index < -0.39 is 5.54 Å².